The quantitative estimate of drug-likeness (QED) is 0.359. The van der Waals surface area contributed by atoms with Gasteiger partial charge in [0.15, 0.2) is 0 Å². The minimum Gasteiger partial charge on any atom is -0.489 e. The van der Waals surface area contributed by atoms with Gasteiger partial charge in [0.2, 0.25) is 0 Å². The molecule has 3 aromatic rings. The van der Waals surface area contributed by atoms with Gasteiger partial charge in [0.25, 0.3) is 0 Å². The molecule has 0 aromatic heterocycles. The number of ether oxygens (including phenoxy) is 1. The van der Waals surface area contributed by atoms with Crippen LogP contribution in [-0.2, 0) is 16.2 Å². The molecular formula is C24H22FN3O3. The second kappa shape index (κ2) is 10.2. The Morgan fingerprint density at radius 3 is 2.39 bits per heavy atom. The Kier molecular flexibility index (Phi) is 7.11. The third-order valence-electron chi connectivity index (χ3n) is 4.43. The molecule has 158 valence electrons. The zero-order valence-electron chi connectivity index (χ0n) is 17.2. The van der Waals surface area contributed by atoms with Crippen LogP contribution in [0.5, 0.6) is 5.75 Å². The van der Waals surface area contributed by atoms with Gasteiger partial charge in [-0.3, -0.25) is 9.59 Å². The molecule has 0 aliphatic heterocycles. The number of nitrogens with zero attached hydrogens (tertiary/aromatic N) is 1. The highest BCUT2D eigenvalue weighted by atomic mass is 19.1. The fourth-order valence-corrected chi connectivity index (χ4v) is 2.66. The predicted octanol–water partition coefficient (Wildman–Crippen LogP) is 4.11. The second-order valence-electron chi connectivity index (χ2n) is 6.96. The molecule has 2 amide bonds. The Bertz CT molecular complexity index is 1090. The fourth-order valence-electron chi connectivity index (χ4n) is 2.66. The first-order chi connectivity index (χ1) is 14.9. The summed E-state index contributed by atoms with van der Waals surface area (Å²) >= 11 is 0. The number of halogens is 1. The summed E-state index contributed by atoms with van der Waals surface area (Å²) in [5, 5.41) is 6.39. The Morgan fingerprint density at radius 2 is 1.68 bits per heavy atom. The normalized spacial score (nSPS) is 10.7. The zero-order valence-corrected chi connectivity index (χ0v) is 17.2. The van der Waals surface area contributed by atoms with Crippen molar-refractivity contribution < 1.29 is 18.7 Å². The lowest BCUT2D eigenvalue weighted by molar-refractivity contribution is -0.136. The van der Waals surface area contributed by atoms with Gasteiger partial charge in [-0.1, -0.05) is 24.3 Å². The summed E-state index contributed by atoms with van der Waals surface area (Å²) in [5.74, 6) is -1.31. The van der Waals surface area contributed by atoms with E-state index in [9.17, 15) is 14.0 Å². The van der Waals surface area contributed by atoms with Crippen molar-refractivity contribution in [2.24, 2.45) is 5.10 Å². The third kappa shape index (κ3) is 6.50. The van der Waals surface area contributed by atoms with E-state index in [4.69, 9.17) is 4.74 Å². The molecule has 0 saturated heterocycles. The fraction of sp³-hybridized carbons (Fsp3) is 0.125. The smallest absolute Gasteiger partial charge is 0.329 e. The number of hydrazone groups is 1. The first-order valence-corrected chi connectivity index (χ1v) is 9.59. The lowest BCUT2D eigenvalue weighted by atomic mass is 10.1. The Hall–Kier alpha value is -4.00. The monoisotopic (exact) mass is 419 g/mol. The van der Waals surface area contributed by atoms with Crippen LogP contribution in [-0.4, -0.2) is 18.0 Å². The highest BCUT2D eigenvalue weighted by molar-refractivity contribution is 6.39. The summed E-state index contributed by atoms with van der Waals surface area (Å²) in [6.07, 6.45) is 1.42. The lowest BCUT2D eigenvalue weighted by Crippen LogP contribution is -2.32. The van der Waals surface area contributed by atoms with Crippen LogP contribution in [0.1, 0.15) is 22.3 Å². The second-order valence-corrected chi connectivity index (χ2v) is 6.96. The number of rotatable bonds is 6. The van der Waals surface area contributed by atoms with Gasteiger partial charge >= 0.3 is 11.8 Å². The molecule has 0 bridgehead atoms. The van der Waals surface area contributed by atoms with Crippen molar-refractivity contribution in [3.8, 4) is 5.75 Å². The molecular weight excluding hydrogens is 397 g/mol. The van der Waals surface area contributed by atoms with Gasteiger partial charge in [-0.2, -0.15) is 5.10 Å². The largest absolute Gasteiger partial charge is 0.489 e. The van der Waals surface area contributed by atoms with Gasteiger partial charge in [-0.15, -0.1) is 0 Å². The first-order valence-electron chi connectivity index (χ1n) is 9.59. The average molecular weight is 419 g/mol. The van der Waals surface area contributed by atoms with E-state index in [-0.39, 0.29) is 5.82 Å². The lowest BCUT2D eigenvalue weighted by Gasteiger charge is -2.08. The summed E-state index contributed by atoms with van der Waals surface area (Å²) in [6.45, 7) is 4.07. The number of aryl methyl sites for hydroxylation is 2. The Labute approximate surface area is 179 Å². The molecule has 7 heteroatoms. The molecule has 0 heterocycles. The number of hydrogen-bond donors (Lipinski definition) is 2. The molecule has 3 rings (SSSR count). The van der Waals surface area contributed by atoms with Crippen molar-refractivity contribution in [2.75, 3.05) is 5.32 Å². The number of benzene rings is 3. The summed E-state index contributed by atoms with van der Waals surface area (Å²) in [5.41, 5.74) is 6.19. The highest BCUT2D eigenvalue weighted by Gasteiger charge is 2.14. The molecule has 0 spiro atoms. The van der Waals surface area contributed by atoms with Crippen LogP contribution in [0.3, 0.4) is 0 Å². The van der Waals surface area contributed by atoms with Crippen LogP contribution >= 0.6 is 0 Å². The molecule has 31 heavy (non-hydrogen) atoms. The van der Waals surface area contributed by atoms with E-state index in [0.717, 1.165) is 16.7 Å². The van der Waals surface area contributed by atoms with E-state index >= 15 is 0 Å². The number of amides is 2. The summed E-state index contributed by atoms with van der Waals surface area (Å²) < 4.78 is 18.6. The van der Waals surface area contributed by atoms with E-state index in [1.54, 1.807) is 42.5 Å². The number of carbonyl (C=O) groups is 2. The van der Waals surface area contributed by atoms with Crippen LogP contribution in [0.4, 0.5) is 10.1 Å². The van der Waals surface area contributed by atoms with Crippen LogP contribution in [0.2, 0.25) is 0 Å². The summed E-state index contributed by atoms with van der Waals surface area (Å²) in [6, 6.07) is 18.7. The van der Waals surface area contributed by atoms with Crippen molar-refractivity contribution in [3.05, 3.63) is 94.8 Å². The third-order valence-corrected chi connectivity index (χ3v) is 4.43. The van der Waals surface area contributed by atoms with Crippen molar-refractivity contribution in [3.63, 3.8) is 0 Å². The topological polar surface area (TPSA) is 79.8 Å². The SMILES string of the molecule is Cc1ccc(C)c(NC(=O)C(=O)NN=Cc2ccc(OCc3ccc(F)cc3)cc2)c1. The molecule has 0 saturated carbocycles. The average Bonchev–Trinajstić information content (AvgIpc) is 2.76. The van der Waals surface area contributed by atoms with Gasteiger partial charge in [0, 0.05) is 5.69 Å². The minimum atomic E-state index is -0.864. The van der Waals surface area contributed by atoms with E-state index < -0.39 is 11.8 Å². The number of anilines is 1. The van der Waals surface area contributed by atoms with Gasteiger partial charge in [0.05, 0.1) is 6.21 Å². The molecule has 3 aromatic carbocycles. The van der Waals surface area contributed by atoms with Crippen molar-refractivity contribution in [1.82, 2.24) is 5.43 Å². The molecule has 0 unspecified atom stereocenters. The number of nitrogens with one attached hydrogen (secondary N) is 2. The molecule has 6 nitrogen and oxygen atoms in total. The van der Waals surface area contributed by atoms with Gasteiger partial charge in [-0.05, 0) is 78.6 Å². The van der Waals surface area contributed by atoms with Crippen molar-refractivity contribution in [2.45, 2.75) is 20.5 Å². The highest BCUT2D eigenvalue weighted by Crippen LogP contribution is 2.16. The zero-order chi connectivity index (χ0) is 22.2. The van der Waals surface area contributed by atoms with Gasteiger partial charge < -0.3 is 10.1 Å². The maximum atomic E-state index is 12.9. The van der Waals surface area contributed by atoms with E-state index in [0.29, 0.717) is 23.6 Å². The van der Waals surface area contributed by atoms with E-state index in [1.807, 2.05) is 26.0 Å². The molecule has 0 radical (unpaired) electrons. The van der Waals surface area contributed by atoms with Crippen LogP contribution in [0.15, 0.2) is 71.8 Å². The van der Waals surface area contributed by atoms with Gasteiger partial charge in [0.1, 0.15) is 18.2 Å². The first kappa shape index (κ1) is 21.7. The Balaban J connectivity index is 1.48. The molecule has 0 fully saturated rings. The molecule has 0 atom stereocenters. The van der Waals surface area contributed by atoms with Crippen molar-refractivity contribution in [1.29, 1.82) is 0 Å². The van der Waals surface area contributed by atoms with Crippen LogP contribution in [0.25, 0.3) is 0 Å². The van der Waals surface area contributed by atoms with Crippen LogP contribution in [0, 0.1) is 19.7 Å². The summed E-state index contributed by atoms with van der Waals surface area (Å²) in [7, 11) is 0. The standard InChI is InChI=1S/C24H22FN3O3/c1-16-3-4-17(2)22(13-16)27-23(29)24(30)28-26-14-18-7-11-21(12-8-18)31-15-19-5-9-20(25)10-6-19/h3-14H,15H2,1-2H3,(H,27,29)(H,28,30). The van der Waals surface area contributed by atoms with E-state index in [1.165, 1.54) is 18.3 Å². The predicted molar refractivity (Wildman–Crippen MR) is 117 cm³/mol. The minimum absolute atomic E-state index is 0.290. The Morgan fingerprint density at radius 1 is 0.968 bits per heavy atom. The summed E-state index contributed by atoms with van der Waals surface area (Å²) in [4.78, 5) is 24.0. The van der Waals surface area contributed by atoms with Crippen molar-refractivity contribution >= 4 is 23.7 Å². The van der Waals surface area contributed by atoms with Gasteiger partial charge in [-0.25, -0.2) is 9.82 Å². The number of carbonyl (C=O) groups excluding carboxylic acids is 2. The van der Waals surface area contributed by atoms with E-state index in [2.05, 4.69) is 15.8 Å². The number of hydrogen-bond acceptors (Lipinski definition) is 4. The maximum Gasteiger partial charge on any atom is 0.329 e. The van der Waals surface area contributed by atoms with Crippen LogP contribution < -0.4 is 15.5 Å². The molecule has 0 aliphatic rings. The maximum absolute atomic E-state index is 12.9. The molecule has 0 aliphatic carbocycles. The molecule has 2 N–H and O–H groups in total.